The van der Waals surface area contributed by atoms with Crippen LogP contribution in [0.1, 0.15) is 49.2 Å². The molecule has 1 aromatic heterocycles. The molecular weight excluding hydrogens is 552 g/mol. The topological polar surface area (TPSA) is 158 Å². The third kappa shape index (κ3) is 8.57. The Labute approximate surface area is 243 Å². The first kappa shape index (κ1) is 32.2. The molecule has 1 fully saturated rings. The Bertz CT molecular complexity index is 1270. The van der Waals surface area contributed by atoms with E-state index in [-0.39, 0.29) is 23.8 Å². The zero-order valence-electron chi connectivity index (χ0n) is 23.9. The van der Waals surface area contributed by atoms with E-state index in [0.717, 1.165) is 0 Å². The minimum absolute atomic E-state index is 0.0908. The van der Waals surface area contributed by atoms with Gasteiger partial charge in [0.15, 0.2) is 22.9 Å². The Kier molecular flexibility index (Phi) is 12.4. The van der Waals surface area contributed by atoms with E-state index in [0.29, 0.717) is 25.2 Å². The molecule has 0 spiro atoms. The summed E-state index contributed by atoms with van der Waals surface area (Å²) >= 11 is 0. The summed E-state index contributed by atoms with van der Waals surface area (Å²) in [6.07, 6.45) is 0.174. The van der Waals surface area contributed by atoms with Crippen molar-refractivity contribution in [1.29, 1.82) is 0 Å². The maximum absolute atomic E-state index is 13.3. The highest BCUT2D eigenvalue weighted by atomic mass is 16.7. The number of methoxy groups -OCH3 is 1. The van der Waals surface area contributed by atoms with Crippen molar-refractivity contribution in [1.82, 2.24) is 4.98 Å². The molecule has 3 atom stereocenters. The van der Waals surface area contributed by atoms with Gasteiger partial charge in [0, 0.05) is 25.5 Å². The number of pyridine rings is 1. The van der Waals surface area contributed by atoms with Crippen LogP contribution in [-0.2, 0) is 38.1 Å². The van der Waals surface area contributed by atoms with Crippen molar-refractivity contribution in [3.05, 3.63) is 53.9 Å². The zero-order valence-corrected chi connectivity index (χ0v) is 23.9. The number of hydrogen-bond donors (Lipinski definition) is 0. The lowest BCUT2D eigenvalue weighted by Crippen LogP contribution is -2.39. The summed E-state index contributed by atoms with van der Waals surface area (Å²) < 4.78 is 37.6. The largest absolute Gasteiger partial charge is 0.493 e. The van der Waals surface area contributed by atoms with E-state index in [1.54, 1.807) is 44.2 Å². The fourth-order valence-corrected chi connectivity index (χ4v) is 3.99. The standard InChI is InChI=1S/C29H34N2O11/c1-5-14-38-25-18(3)42-28(34)20(15-39-29(35)23(25)19-10-8-7-9-11-19)31-27(33)24-26(21(36-4)12-13-30-24)41-17-40-22(32)16-37-6-2/h7-13,18,23,25H,5-6,14-17H2,1-4H3/t18-,23+,25?/m0/s1. The van der Waals surface area contributed by atoms with Crippen molar-refractivity contribution in [2.75, 3.05) is 40.3 Å². The van der Waals surface area contributed by atoms with Crippen molar-refractivity contribution >= 4 is 29.5 Å². The summed E-state index contributed by atoms with van der Waals surface area (Å²) in [5.74, 6) is -4.35. The van der Waals surface area contributed by atoms with Gasteiger partial charge in [-0.3, -0.25) is 9.59 Å². The van der Waals surface area contributed by atoms with Gasteiger partial charge in [-0.2, -0.15) is 0 Å². The van der Waals surface area contributed by atoms with Crippen LogP contribution in [0.15, 0.2) is 47.6 Å². The van der Waals surface area contributed by atoms with Gasteiger partial charge in [-0.05, 0) is 25.8 Å². The number of hydrogen-bond acceptors (Lipinski definition) is 12. The van der Waals surface area contributed by atoms with Gasteiger partial charge in [0.25, 0.3) is 5.91 Å². The molecule has 42 heavy (non-hydrogen) atoms. The number of nitrogens with zero attached hydrogens (tertiary/aromatic N) is 2. The van der Waals surface area contributed by atoms with E-state index >= 15 is 0 Å². The van der Waals surface area contributed by atoms with Gasteiger partial charge in [-0.25, -0.2) is 19.6 Å². The van der Waals surface area contributed by atoms with Crippen molar-refractivity contribution in [2.24, 2.45) is 4.99 Å². The highest BCUT2D eigenvalue weighted by Crippen LogP contribution is 2.31. The van der Waals surface area contributed by atoms with Gasteiger partial charge >= 0.3 is 17.9 Å². The average Bonchev–Trinajstić information content (AvgIpc) is 3.03. The molecule has 0 aliphatic carbocycles. The number of carbonyl (C=O) groups is 4. The molecule has 0 N–H and O–H groups in total. The molecule has 1 unspecified atom stereocenters. The number of rotatable bonds is 12. The van der Waals surface area contributed by atoms with E-state index in [4.69, 9.17) is 33.2 Å². The minimum Gasteiger partial charge on any atom is -0.493 e. The lowest BCUT2D eigenvalue weighted by Gasteiger charge is -2.29. The second kappa shape index (κ2) is 16.2. The zero-order chi connectivity index (χ0) is 30.5. The molecule has 0 bridgehead atoms. The van der Waals surface area contributed by atoms with Crippen molar-refractivity contribution in [3.63, 3.8) is 0 Å². The second-order valence-corrected chi connectivity index (χ2v) is 8.91. The Hall–Kier alpha value is -4.36. The molecule has 2 aromatic rings. The fourth-order valence-electron chi connectivity index (χ4n) is 3.99. The molecule has 13 nitrogen and oxygen atoms in total. The van der Waals surface area contributed by atoms with Gasteiger partial charge in [-0.1, -0.05) is 37.3 Å². The molecule has 3 rings (SSSR count). The van der Waals surface area contributed by atoms with Gasteiger partial charge in [0.2, 0.25) is 6.79 Å². The van der Waals surface area contributed by atoms with Crippen LogP contribution in [-0.4, -0.2) is 87.0 Å². The van der Waals surface area contributed by atoms with Crippen LogP contribution in [0.5, 0.6) is 11.5 Å². The molecule has 0 saturated carbocycles. The molecule has 0 radical (unpaired) electrons. The summed E-state index contributed by atoms with van der Waals surface area (Å²) in [4.78, 5) is 59.3. The molecular formula is C29H34N2O11. The lowest BCUT2D eigenvalue weighted by atomic mass is 9.90. The van der Waals surface area contributed by atoms with Gasteiger partial charge in [0.1, 0.15) is 31.3 Å². The second-order valence-electron chi connectivity index (χ2n) is 8.91. The Morgan fingerprint density at radius 2 is 1.88 bits per heavy atom. The van der Waals surface area contributed by atoms with Crippen LogP contribution in [0.2, 0.25) is 0 Å². The number of aliphatic imine (C=N–C) groups is 1. The number of ether oxygens (including phenoxy) is 7. The summed E-state index contributed by atoms with van der Waals surface area (Å²) in [5.41, 5.74) is -0.199. The van der Waals surface area contributed by atoms with E-state index in [1.807, 2.05) is 6.92 Å². The number of esters is 3. The van der Waals surface area contributed by atoms with Crippen LogP contribution < -0.4 is 9.47 Å². The molecule has 1 aliphatic heterocycles. The highest BCUT2D eigenvalue weighted by molar-refractivity contribution is 6.39. The number of carbonyl (C=O) groups excluding carboxylic acids is 4. The number of benzene rings is 1. The smallest absolute Gasteiger partial charge is 0.356 e. The van der Waals surface area contributed by atoms with E-state index in [9.17, 15) is 19.2 Å². The maximum atomic E-state index is 13.3. The average molecular weight is 587 g/mol. The normalized spacial score (nSPS) is 20.0. The molecule has 1 saturated heterocycles. The lowest BCUT2D eigenvalue weighted by molar-refractivity contribution is -0.156. The van der Waals surface area contributed by atoms with Crippen LogP contribution >= 0.6 is 0 Å². The van der Waals surface area contributed by atoms with Gasteiger partial charge < -0.3 is 33.2 Å². The Morgan fingerprint density at radius 3 is 2.57 bits per heavy atom. The third-order valence-electron chi connectivity index (χ3n) is 5.97. The van der Waals surface area contributed by atoms with Crippen molar-refractivity contribution < 1.29 is 52.3 Å². The van der Waals surface area contributed by atoms with Crippen LogP contribution in [0.4, 0.5) is 0 Å². The summed E-state index contributed by atoms with van der Waals surface area (Å²) in [5, 5.41) is 0. The molecule has 1 amide bonds. The van der Waals surface area contributed by atoms with Gasteiger partial charge in [0.05, 0.1) is 7.11 Å². The quantitative estimate of drug-likeness (QED) is 0.204. The molecule has 1 aromatic carbocycles. The highest BCUT2D eigenvalue weighted by Gasteiger charge is 2.40. The summed E-state index contributed by atoms with van der Waals surface area (Å²) in [7, 11) is 1.33. The molecule has 13 heteroatoms. The Balaban J connectivity index is 1.88. The first-order chi connectivity index (χ1) is 20.3. The monoisotopic (exact) mass is 586 g/mol. The first-order valence-corrected chi connectivity index (χ1v) is 13.4. The molecule has 2 heterocycles. The van der Waals surface area contributed by atoms with Crippen LogP contribution in [0.3, 0.4) is 0 Å². The SMILES string of the molecule is CCCOC1[C@H](C)OC(=O)C(=NC(=O)c2nccc(OC)c2OCOC(=O)COCC)COC(=O)[C@@H]1c1ccccc1. The maximum Gasteiger partial charge on any atom is 0.356 e. The van der Waals surface area contributed by atoms with Gasteiger partial charge in [-0.15, -0.1) is 0 Å². The predicted molar refractivity (Wildman–Crippen MR) is 146 cm³/mol. The van der Waals surface area contributed by atoms with E-state index in [1.165, 1.54) is 19.4 Å². The molecule has 226 valence electrons. The van der Waals surface area contributed by atoms with E-state index in [2.05, 4.69) is 9.98 Å². The minimum atomic E-state index is -1.02. The first-order valence-electron chi connectivity index (χ1n) is 13.4. The predicted octanol–water partition coefficient (Wildman–Crippen LogP) is 2.65. The van der Waals surface area contributed by atoms with Crippen LogP contribution in [0.25, 0.3) is 0 Å². The third-order valence-corrected chi connectivity index (χ3v) is 5.97. The van der Waals surface area contributed by atoms with Crippen LogP contribution in [0, 0.1) is 0 Å². The van der Waals surface area contributed by atoms with E-state index < -0.39 is 61.1 Å². The number of aromatic nitrogens is 1. The summed E-state index contributed by atoms with van der Waals surface area (Å²) in [6, 6.07) is 10.3. The number of cyclic esters (lactones) is 2. The van der Waals surface area contributed by atoms with Crippen molar-refractivity contribution in [3.8, 4) is 11.5 Å². The molecule has 1 aliphatic rings. The summed E-state index contributed by atoms with van der Waals surface area (Å²) in [6.45, 7) is 4.35. The number of amides is 1. The van der Waals surface area contributed by atoms with Crippen molar-refractivity contribution in [2.45, 2.75) is 45.3 Å². The Morgan fingerprint density at radius 1 is 1.12 bits per heavy atom. The fraction of sp³-hybridized carbons (Fsp3) is 0.448.